The molecule has 6 heteroatoms. The summed E-state index contributed by atoms with van der Waals surface area (Å²) >= 11 is 0. The monoisotopic (exact) mass is 374 g/mol. The highest BCUT2D eigenvalue weighted by molar-refractivity contribution is 5.74. The maximum atomic E-state index is 14.0. The molecule has 2 aromatic carbocycles. The summed E-state index contributed by atoms with van der Waals surface area (Å²) in [6, 6.07) is 11.4. The first kappa shape index (κ1) is 20.6. The number of carbonyl (C=O) groups excluding carboxylic acids is 1. The molecule has 0 saturated carbocycles. The predicted octanol–water partition coefficient (Wildman–Crippen LogP) is 4.18. The van der Waals surface area contributed by atoms with E-state index in [0.29, 0.717) is 23.6 Å². The van der Waals surface area contributed by atoms with Gasteiger partial charge in [0.2, 0.25) is 0 Å². The van der Waals surface area contributed by atoms with Crippen LogP contribution in [0.1, 0.15) is 37.9 Å². The van der Waals surface area contributed by atoms with Crippen LogP contribution in [0.25, 0.3) is 0 Å². The Morgan fingerprint density at radius 3 is 2.48 bits per heavy atom. The van der Waals surface area contributed by atoms with Gasteiger partial charge in [0.25, 0.3) is 0 Å². The Morgan fingerprint density at radius 1 is 1.15 bits per heavy atom. The molecule has 0 aliphatic rings. The third kappa shape index (κ3) is 5.12. The van der Waals surface area contributed by atoms with Crippen LogP contribution in [0, 0.1) is 5.82 Å². The quantitative estimate of drug-likeness (QED) is 0.764. The SMILES string of the molecule is COc1ccc(C(C)NC(=O)NCC(C)(C)c2ccccc2F)c(OC)c1. The maximum absolute atomic E-state index is 14.0. The van der Waals surface area contributed by atoms with Gasteiger partial charge in [0.15, 0.2) is 0 Å². The third-order valence-corrected chi connectivity index (χ3v) is 4.55. The second kappa shape index (κ2) is 8.75. The van der Waals surface area contributed by atoms with Crippen LogP contribution in [0.2, 0.25) is 0 Å². The number of halogens is 1. The van der Waals surface area contributed by atoms with Crippen LogP contribution < -0.4 is 20.1 Å². The standard InChI is InChI=1S/C21H27FN2O3/c1-14(16-11-10-15(26-4)12-19(16)27-5)24-20(25)23-13-21(2,3)17-8-6-7-9-18(17)22/h6-12,14H,13H2,1-5H3,(H2,23,24,25). The number of amides is 2. The molecule has 27 heavy (non-hydrogen) atoms. The fourth-order valence-corrected chi connectivity index (χ4v) is 2.91. The van der Waals surface area contributed by atoms with Gasteiger partial charge in [-0.1, -0.05) is 32.0 Å². The molecule has 0 bridgehead atoms. The molecule has 146 valence electrons. The molecule has 0 aliphatic carbocycles. The van der Waals surface area contributed by atoms with E-state index in [1.54, 1.807) is 38.5 Å². The van der Waals surface area contributed by atoms with Gasteiger partial charge in [-0.3, -0.25) is 0 Å². The van der Waals surface area contributed by atoms with Gasteiger partial charge in [-0.05, 0) is 30.7 Å². The summed E-state index contributed by atoms with van der Waals surface area (Å²) < 4.78 is 24.6. The van der Waals surface area contributed by atoms with Crippen LogP contribution in [-0.4, -0.2) is 26.8 Å². The van der Waals surface area contributed by atoms with Crippen LogP contribution in [0.4, 0.5) is 9.18 Å². The number of rotatable bonds is 7. The fourth-order valence-electron chi connectivity index (χ4n) is 2.91. The van der Waals surface area contributed by atoms with Crippen molar-refractivity contribution in [2.24, 2.45) is 0 Å². The van der Waals surface area contributed by atoms with E-state index in [4.69, 9.17) is 9.47 Å². The van der Waals surface area contributed by atoms with Gasteiger partial charge in [0.1, 0.15) is 17.3 Å². The van der Waals surface area contributed by atoms with Crippen molar-refractivity contribution in [3.63, 3.8) is 0 Å². The van der Waals surface area contributed by atoms with Gasteiger partial charge in [0.05, 0.1) is 20.3 Å². The van der Waals surface area contributed by atoms with Crippen molar-refractivity contribution in [1.82, 2.24) is 10.6 Å². The lowest BCUT2D eigenvalue weighted by atomic mass is 9.84. The molecule has 0 heterocycles. The Balaban J connectivity index is 2.00. The second-order valence-electron chi connectivity index (χ2n) is 7.02. The van der Waals surface area contributed by atoms with E-state index in [9.17, 15) is 9.18 Å². The molecular weight excluding hydrogens is 347 g/mol. The average molecular weight is 374 g/mol. The summed E-state index contributed by atoms with van der Waals surface area (Å²) in [5.74, 6) is 1.04. The zero-order valence-corrected chi connectivity index (χ0v) is 16.4. The van der Waals surface area contributed by atoms with Gasteiger partial charge in [-0.2, -0.15) is 0 Å². The maximum Gasteiger partial charge on any atom is 0.315 e. The van der Waals surface area contributed by atoms with E-state index >= 15 is 0 Å². The lowest BCUT2D eigenvalue weighted by Gasteiger charge is -2.27. The minimum absolute atomic E-state index is 0.276. The number of urea groups is 1. The number of carbonyl (C=O) groups is 1. The Bertz CT molecular complexity index is 793. The van der Waals surface area contributed by atoms with Gasteiger partial charge < -0.3 is 20.1 Å². The van der Waals surface area contributed by atoms with Crippen molar-refractivity contribution in [2.75, 3.05) is 20.8 Å². The van der Waals surface area contributed by atoms with Gasteiger partial charge in [-0.15, -0.1) is 0 Å². The van der Waals surface area contributed by atoms with E-state index in [1.807, 2.05) is 32.9 Å². The zero-order valence-electron chi connectivity index (χ0n) is 16.4. The summed E-state index contributed by atoms with van der Waals surface area (Å²) in [5.41, 5.74) is 0.862. The Hall–Kier alpha value is -2.76. The molecule has 1 atom stereocenters. The summed E-state index contributed by atoms with van der Waals surface area (Å²) in [6.45, 7) is 5.95. The summed E-state index contributed by atoms with van der Waals surface area (Å²) in [4.78, 5) is 12.3. The largest absolute Gasteiger partial charge is 0.497 e. The number of hydrogen-bond acceptors (Lipinski definition) is 3. The van der Waals surface area contributed by atoms with E-state index in [1.165, 1.54) is 6.07 Å². The molecule has 5 nitrogen and oxygen atoms in total. The fraction of sp³-hybridized carbons (Fsp3) is 0.381. The van der Waals surface area contributed by atoms with Gasteiger partial charge >= 0.3 is 6.03 Å². The lowest BCUT2D eigenvalue weighted by molar-refractivity contribution is 0.235. The van der Waals surface area contributed by atoms with Crippen molar-refractivity contribution in [1.29, 1.82) is 0 Å². The van der Waals surface area contributed by atoms with Crippen molar-refractivity contribution in [3.8, 4) is 11.5 Å². The Kier molecular flexibility index (Phi) is 6.66. The minimum atomic E-state index is -0.538. The number of methoxy groups -OCH3 is 2. The number of benzene rings is 2. The van der Waals surface area contributed by atoms with E-state index < -0.39 is 5.41 Å². The predicted molar refractivity (Wildman–Crippen MR) is 104 cm³/mol. The lowest BCUT2D eigenvalue weighted by Crippen LogP contribution is -2.43. The summed E-state index contributed by atoms with van der Waals surface area (Å²) in [6.07, 6.45) is 0. The first-order valence-electron chi connectivity index (χ1n) is 8.80. The average Bonchev–Trinajstić information content (AvgIpc) is 2.66. The minimum Gasteiger partial charge on any atom is -0.497 e. The zero-order chi connectivity index (χ0) is 20.0. The van der Waals surface area contributed by atoms with Gasteiger partial charge in [-0.25, -0.2) is 9.18 Å². The molecule has 0 aliphatic heterocycles. The van der Waals surface area contributed by atoms with Crippen LogP contribution in [0.3, 0.4) is 0 Å². The van der Waals surface area contributed by atoms with E-state index in [2.05, 4.69) is 10.6 Å². The molecular formula is C21H27FN2O3. The summed E-state index contributed by atoms with van der Waals surface area (Å²) in [5, 5.41) is 5.71. The normalized spacial score (nSPS) is 12.2. The number of hydrogen-bond donors (Lipinski definition) is 2. The molecule has 0 radical (unpaired) electrons. The van der Waals surface area contributed by atoms with Crippen LogP contribution in [0.15, 0.2) is 42.5 Å². The molecule has 0 aromatic heterocycles. The van der Waals surface area contributed by atoms with Crippen molar-refractivity contribution in [3.05, 3.63) is 59.4 Å². The highest BCUT2D eigenvalue weighted by Crippen LogP contribution is 2.29. The molecule has 1 unspecified atom stereocenters. The molecule has 2 N–H and O–H groups in total. The van der Waals surface area contributed by atoms with Crippen LogP contribution in [0.5, 0.6) is 11.5 Å². The Labute approximate surface area is 159 Å². The molecule has 2 amide bonds. The first-order valence-corrected chi connectivity index (χ1v) is 8.80. The topological polar surface area (TPSA) is 59.6 Å². The molecule has 2 rings (SSSR count). The molecule has 0 fully saturated rings. The third-order valence-electron chi connectivity index (χ3n) is 4.55. The van der Waals surface area contributed by atoms with Gasteiger partial charge in [0, 0.05) is 23.6 Å². The first-order chi connectivity index (χ1) is 12.8. The Morgan fingerprint density at radius 2 is 1.85 bits per heavy atom. The van der Waals surface area contributed by atoms with Crippen LogP contribution >= 0.6 is 0 Å². The number of ether oxygens (including phenoxy) is 2. The summed E-state index contributed by atoms with van der Waals surface area (Å²) in [7, 11) is 3.16. The van der Waals surface area contributed by atoms with E-state index in [0.717, 1.165) is 5.56 Å². The van der Waals surface area contributed by atoms with Crippen LogP contribution in [-0.2, 0) is 5.41 Å². The molecule has 2 aromatic rings. The highest BCUT2D eigenvalue weighted by Gasteiger charge is 2.25. The van der Waals surface area contributed by atoms with Crippen molar-refractivity contribution in [2.45, 2.75) is 32.2 Å². The number of nitrogens with one attached hydrogen (secondary N) is 2. The molecule has 0 spiro atoms. The second-order valence-corrected chi connectivity index (χ2v) is 7.02. The highest BCUT2D eigenvalue weighted by atomic mass is 19.1. The molecule has 0 saturated heterocycles. The van der Waals surface area contributed by atoms with E-state index in [-0.39, 0.29) is 17.9 Å². The van der Waals surface area contributed by atoms with Crippen molar-refractivity contribution < 1.29 is 18.7 Å². The van der Waals surface area contributed by atoms with Crippen molar-refractivity contribution >= 4 is 6.03 Å². The smallest absolute Gasteiger partial charge is 0.315 e.